The number of carbonyl (C=O) groups excluding carboxylic acids is 1. The number of H-pyrrole nitrogens is 1. The average Bonchev–Trinajstić information content (AvgIpc) is 2.84. The summed E-state index contributed by atoms with van der Waals surface area (Å²) in [5.74, 6) is 1.15. The van der Waals surface area contributed by atoms with E-state index in [1.807, 2.05) is 0 Å². The number of hydrogen-bond donors (Lipinski definition) is 1. The number of nitrogens with one attached hydrogen (secondary N) is 1. The highest BCUT2D eigenvalue weighted by Crippen LogP contribution is 2.38. The summed E-state index contributed by atoms with van der Waals surface area (Å²) >= 11 is 0. The first-order valence-corrected chi connectivity index (χ1v) is 4.53. The minimum absolute atomic E-state index is 0.318. The van der Waals surface area contributed by atoms with Crippen molar-refractivity contribution < 1.29 is 9.53 Å². The molecule has 13 heavy (non-hydrogen) atoms. The molecule has 4 nitrogen and oxygen atoms in total. The number of ether oxygens (including phenoxy) is 1. The van der Waals surface area contributed by atoms with Crippen molar-refractivity contribution in [1.82, 2.24) is 9.97 Å². The highest BCUT2D eigenvalue weighted by Gasteiger charge is 2.27. The Morgan fingerprint density at radius 2 is 2.54 bits per heavy atom. The van der Waals surface area contributed by atoms with Gasteiger partial charge in [-0.3, -0.25) is 0 Å². The van der Waals surface area contributed by atoms with E-state index in [4.69, 9.17) is 4.74 Å². The third kappa shape index (κ3) is 1.71. The van der Waals surface area contributed by atoms with Crippen LogP contribution < -0.4 is 0 Å². The summed E-state index contributed by atoms with van der Waals surface area (Å²) in [5, 5.41) is 0. The van der Waals surface area contributed by atoms with Crippen molar-refractivity contribution in [3.63, 3.8) is 0 Å². The van der Waals surface area contributed by atoms with E-state index >= 15 is 0 Å². The van der Waals surface area contributed by atoms with Crippen molar-refractivity contribution in [2.45, 2.75) is 25.7 Å². The van der Waals surface area contributed by atoms with Gasteiger partial charge in [0.15, 0.2) is 0 Å². The second-order valence-corrected chi connectivity index (χ2v) is 3.18. The fourth-order valence-corrected chi connectivity index (χ4v) is 1.21. The average molecular weight is 180 g/mol. The number of hydrogen-bond acceptors (Lipinski definition) is 3. The van der Waals surface area contributed by atoms with E-state index < -0.39 is 0 Å². The maximum absolute atomic E-state index is 11.2. The van der Waals surface area contributed by atoms with Crippen LogP contribution >= 0.6 is 0 Å². The summed E-state index contributed by atoms with van der Waals surface area (Å²) in [6.45, 7) is 2.19. The molecular weight excluding hydrogens is 168 g/mol. The van der Waals surface area contributed by atoms with Gasteiger partial charge in [-0.2, -0.15) is 0 Å². The third-order valence-corrected chi connectivity index (χ3v) is 2.05. The van der Waals surface area contributed by atoms with Crippen LogP contribution in [0.4, 0.5) is 0 Å². The van der Waals surface area contributed by atoms with E-state index in [9.17, 15) is 4.79 Å². The van der Waals surface area contributed by atoms with Crippen molar-refractivity contribution in [3.05, 3.63) is 17.7 Å². The fraction of sp³-hybridized carbons (Fsp3) is 0.556. The van der Waals surface area contributed by atoms with E-state index in [0.29, 0.717) is 18.2 Å². The summed E-state index contributed by atoms with van der Waals surface area (Å²) in [6.07, 6.45) is 3.90. The van der Waals surface area contributed by atoms with Crippen LogP contribution in [-0.2, 0) is 4.74 Å². The normalized spacial score (nSPS) is 15.8. The van der Waals surface area contributed by atoms with Crippen molar-refractivity contribution >= 4 is 5.97 Å². The molecule has 1 aliphatic carbocycles. The van der Waals surface area contributed by atoms with Crippen molar-refractivity contribution in [3.8, 4) is 0 Å². The van der Waals surface area contributed by atoms with Crippen LogP contribution in [0.2, 0.25) is 0 Å². The highest BCUT2D eigenvalue weighted by atomic mass is 16.5. The molecule has 0 bridgehead atoms. The van der Waals surface area contributed by atoms with Gasteiger partial charge in [0.05, 0.1) is 12.8 Å². The molecule has 0 aromatic carbocycles. The van der Waals surface area contributed by atoms with Crippen molar-refractivity contribution in [2.75, 3.05) is 6.61 Å². The smallest absolute Gasteiger partial charge is 0.356 e. The summed E-state index contributed by atoms with van der Waals surface area (Å²) in [4.78, 5) is 18.3. The van der Waals surface area contributed by atoms with Gasteiger partial charge in [0, 0.05) is 5.92 Å². The first-order valence-electron chi connectivity index (χ1n) is 4.53. The van der Waals surface area contributed by atoms with Gasteiger partial charge < -0.3 is 9.72 Å². The molecular formula is C9H12N2O2. The molecule has 1 saturated carbocycles. The molecule has 0 atom stereocenters. The lowest BCUT2D eigenvalue weighted by molar-refractivity contribution is 0.0520. The van der Waals surface area contributed by atoms with Gasteiger partial charge in [0.1, 0.15) is 11.5 Å². The molecule has 0 unspecified atom stereocenters. The van der Waals surface area contributed by atoms with E-state index in [-0.39, 0.29) is 5.97 Å². The highest BCUT2D eigenvalue weighted by molar-refractivity contribution is 5.87. The first-order chi connectivity index (χ1) is 6.31. The Balaban J connectivity index is 2.07. The van der Waals surface area contributed by atoms with E-state index in [1.165, 1.54) is 12.8 Å². The van der Waals surface area contributed by atoms with Crippen LogP contribution in [0.25, 0.3) is 0 Å². The van der Waals surface area contributed by atoms with Crippen molar-refractivity contribution in [2.24, 2.45) is 0 Å². The molecule has 1 aliphatic rings. The monoisotopic (exact) mass is 180 g/mol. The summed E-state index contributed by atoms with van der Waals surface area (Å²) in [6, 6.07) is 0. The van der Waals surface area contributed by atoms with Crippen LogP contribution in [0.1, 0.15) is 42.0 Å². The zero-order chi connectivity index (χ0) is 9.26. The summed E-state index contributed by atoms with van der Waals surface area (Å²) < 4.78 is 4.83. The number of rotatable bonds is 3. The molecule has 0 aliphatic heterocycles. The minimum Gasteiger partial charge on any atom is -0.461 e. The Labute approximate surface area is 76.3 Å². The lowest BCUT2D eigenvalue weighted by atomic mass is 10.4. The van der Waals surface area contributed by atoms with Crippen molar-refractivity contribution in [1.29, 1.82) is 0 Å². The number of nitrogens with zero attached hydrogens (tertiary/aromatic N) is 1. The third-order valence-electron chi connectivity index (χ3n) is 2.05. The van der Waals surface area contributed by atoms with Crippen LogP contribution in [0.3, 0.4) is 0 Å². The zero-order valence-electron chi connectivity index (χ0n) is 7.54. The number of carbonyl (C=O) groups is 1. The summed E-state index contributed by atoms with van der Waals surface area (Å²) in [7, 11) is 0. The Bertz CT molecular complexity index is 315. The largest absolute Gasteiger partial charge is 0.461 e. The van der Waals surface area contributed by atoms with E-state index in [2.05, 4.69) is 9.97 Å². The second-order valence-electron chi connectivity index (χ2n) is 3.18. The van der Waals surface area contributed by atoms with E-state index in [1.54, 1.807) is 13.1 Å². The van der Waals surface area contributed by atoms with Crippen LogP contribution in [-0.4, -0.2) is 22.5 Å². The molecule has 0 spiro atoms. The van der Waals surface area contributed by atoms with Gasteiger partial charge in [-0.25, -0.2) is 9.78 Å². The molecule has 1 heterocycles. The Morgan fingerprint density at radius 3 is 3.15 bits per heavy atom. The molecule has 0 amide bonds. The quantitative estimate of drug-likeness (QED) is 0.716. The lowest BCUT2D eigenvalue weighted by Gasteiger charge is -1.96. The van der Waals surface area contributed by atoms with Gasteiger partial charge in [-0.15, -0.1) is 0 Å². The maximum atomic E-state index is 11.2. The summed E-state index contributed by atoms with van der Waals surface area (Å²) in [5.41, 5.74) is 0.462. The predicted molar refractivity (Wildman–Crippen MR) is 46.5 cm³/mol. The zero-order valence-corrected chi connectivity index (χ0v) is 7.54. The van der Waals surface area contributed by atoms with E-state index in [0.717, 1.165) is 5.82 Å². The number of aromatic nitrogens is 2. The van der Waals surface area contributed by atoms with Gasteiger partial charge in [0.25, 0.3) is 0 Å². The molecule has 1 N–H and O–H groups in total. The molecule has 70 valence electrons. The number of aromatic amines is 1. The van der Waals surface area contributed by atoms with Gasteiger partial charge >= 0.3 is 5.97 Å². The molecule has 1 fully saturated rings. The maximum Gasteiger partial charge on any atom is 0.356 e. The topological polar surface area (TPSA) is 55.0 Å². The Hall–Kier alpha value is -1.32. The molecule has 0 saturated heterocycles. The van der Waals surface area contributed by atoms with Gasteiger partial charge in [0.2, 0.25) is 0 Å². The Kier molecular flexibility index (Phi) is 2.04. The molecule has 1 aromatic rings. The standard InChI is InChI=1S/C9H12N2O2/c1-2-13-9(12)7-5-10-8(11-7)6-3-4-6/h5-6H,2-4H2,1H3,(H,10,11). The lowest BCUT2D eigenvalue weighted by Crippen LogP contribution is -2.04. The molecule has 0 radical (unpaired) electrons. The molecule has 2 rings (SSSR count). The van der Waals surface area contributed by atoms with Crippen LogP contribution in [0.5, 0.6) is 0 Å². The van der Waals surface area contributed by atoms with Gasteiger partial charge in [-0.05, 0) is 19.8 Å². The first kappa shape index (κ1) is 8.29. The van der Waals surface area contributed by atoms with Crippen LogP contribution in [0, 0.1) is 0 Å². The van der Waals surface area contributed by atoms with Crippen LogP contribution in [0.15, 0.2) is 6.20 Å². The number of esters is 1. The van der Waals surface area contributed by atoms with Gasteiger partial charge in [-0.1, -0.05) is 0 Å². The Morgan fingerprint density at radius 1 is 1.77 bits per heavy atom. The SMILES string of the molecule is CCOC(=O)c1cnc(C2CC2)[nH]1. The minimum atomic E-state index is -0.318. The second kappa shape index (κ2) is 3.20. The molecule has 4 heteroatoms. The number of imidazole rings is 1. The predicted octanol–water partition coefficient (Wildman–Crippen LogP) is 1.46. The molecule has 1 aromatic heterocycles. The fourth-order valence-electron chi connectivity index (χ4n) is 1.21.